The molecule has 4 fully saturated rings. The molecule has 160 valence electrons. The summed E-state index contributed by atoms with van der Waals surface area (Å²) in [6, 6.07) is 9.01. The number of thiocarbonyl (C=S) groups is 1. The molecule has 1 unspecified atom stereocenters. The van der Waals surface area contributed by atoms with E-state index < -0.39 is 0 Å². The van der Waals surface area contributed by atoms with Crippen molar-refractivity contribution in [2.75, 3.05) is 75.1 Å². The number of benzene rings is 1. The van der Waals surface area contributed by atoms with Gasteiger partial charge in [-0.25, -0.2) is 0 Å². The Balaban J connectivity index is 1.22. The minimum atomic E-state index is 0.623. The van der Waals surface area contributed by atoms with Crippen molar-refractivity contribution in [2.24, 2.45) is 11.8 Å². The number of hydrogen-bond donors (Lipinski definition) is 2. The molecular formula is C22H35N5S2. The van der Waals surface area contributed by atoms with Gasteiger partial charge in [0.15, 0.2) is 5.11 Å². The first-order valence-electron chi connectivity index (χ1n) is 10.9. The van der Waals surface area contributed by atoms with Gasteiger partial charge in [-0.05, 0) is 67.7 Å². The first kappa shape index (κ1) is 21.2. The van der Waals surface area contributed by atoms with Crippen LogP contribution in [0.2, 0.25) is 0 Å². The lowest BCUT2D eigenvalue weighted by Gasteiger charge is -2.51. The highest BCUT2D eigenvalue weighted by molar-refractivity contribution is 7.99. The molecule has 5 nitrogen and oxygen atoms in total. The predicted octanol–water partition coefficient (Wildman–Crippen LogP) is 2.80. The highest BCUT2D eigenvalue weighted by Crippen LogP contribution is 2.36. The summed E-state index contributed by atoms with van der Waals surface area (Å²) in [6.45, 7) is 7.36. The average Bonchev–Trinajstić information content (AvgIpc) is 2.74. The maximum atomic E-state index is 5.55. The van der Waals surface area contributed by atoms with Gasteiger partial charge >= 0.3 is 0 Å². The van der Waals surface area contributed by atoms with Crippen LogP contribution in [0.1, 0.15) is 12.8 Å². The Morgan fingerprint density at radius 1 is 1.17 bits per heavy atom. The van der Waals surface area contributed by atoms with Crippen LogP contribution in [0.15, 0.2) is 24.3 Å². The largest absolute Gasteiger partial charge is 0.378 e. The van der Waals surface area contributed by atoms with E-state index in [0.717, 1.165) is 29.2 Å². The third kappa shape index (κ3) is 5.57. The van der Waals surface area contributed by atoms with Crippen LogP contribution in [0.4, 0.5) is 11.4 Å². The van der Waals surface area contributed by atoms with Crippen LogP contribution in [-0.4, -0.2) is 85.8 Å². The van der Waals surface area contributed by atoms with Crippen molar-refractivity contribution in [3.8, 4) is 0 Å². The smallest absolute Gasteiger partial charge is 0.170 e. The van der Waals surface area contributed by atoms with Crippen molar-refractivity contribution >= 4 is 40.5 Å². The van der Waals surface area contributed by atoms with E-state index in [4.69, 9.17) is 12.2 Å². The zero-order valence-corrected chi connectivity index (χ0v) is 19.4. The Hall–Kier alpha value is -1.02. The molecule has 29 heavy (non-hydrogen) atoms. The Bertz CT molecular complexity index is 674. The number of fused-ring (bicyclic) bond motifs is 3. The number of thioether (sulfide) groups is 1. The molecule has 4 aliphatic rings. The molecule has 0 amide bonds. The predicted molar refractivity (Wildman–Crippen MR) is 130 cm³/mol. The SMILES string of the molecule is CN(C)c1ccc(NC(=S)NC[C@@H]2C[C@H]3CCN2C[C@@H]3CN2CCSCC2)cc1. The van der Waals surface area contributed by atoms with Gasteiger partial charge in [0.25, 0.3) is 0 Å². The molecule has 0 spiro atoms. The van der Waals surface area contributed by atoms with Crippen LogP contribution in [0.3, 0.4) is 0 Å². The molecule has 2 bridgehead atoms. The fourth-order valence-electron chi connectivity index (χ4n) is 5.01. The number of piperidine rings is 3. The molecule has 1 aromatic carbocycles. The van der Waals surface area contributed by atoms with Gasteiger partial charge in [-0.1, -0.05) is 0 Å². The number of nitrogens with zero attached hydrogens (tertiary/aromatic N) is 3. The van der Waals surface area contributed by atoms with Crippen molar-refractivity contribution in [3.63, 3.8) is 0 Å². The number of rotatable bonds is 6. The lowest BCUT2D eigenvalue weighted by atomic mass is 9.75. The average molecular weight is 434 g/mol. The topological polar surface area (TPSA) is 33.8 Å². The van der Waals surface area contributed by atoms with E-state index in [0.29, 0.717) is 6.04 Å². The van der Waals surface area contributed by atoms with Crippen molar-refractivity contribution in [3.05, 3.63) is 24.3 Å². The molecule has 7 heteroatoms. The van der Waals surface area contributed by atoms with Gasteiger partial charge in [0.05, 0.1) is 0 Å². The van der Waals surface area contributed by atoms with Gasteiger partial charge in [-0.2, -0.15) is 11.8 Å². The highest BCUT2D eigenvalue weighted by atomic mass is 32.2. The van der Waals surface area contributed by atoms with Crippen molar-refractivity contribution in [2.45, 2.75) is 18.9 Å². The fourth-order valence-corrected chi connectivity index (χ4v) is 6.19. The molecule has 4 aliphatic heterocycles. The molecule has 5 rings (SSSR count). The third-order valence-electron chi connectivity index (χ3n) is 6.75. The maximum Gasteiger partial charge on any atom is 0.170 e. The van der Waals surface area contributed by atoms with Gasteiger partial charge in [0, 0.05) is 75.7 Å². The molecule has 0 saturated carbocycles. The third-order valence-corrected chi connectivity index (χ3v) is 7.94. The number of hydrogen-bond acceptors (Lipinski definition) is 5. The van der Waals surface area contributed by atoms with Crippen LogP contribution in [0.5, 0.6) is 0 Å². The molecule has 2 N–H and O–H groups in total. The van der Waals surface area contributed by atoms with Crippen LogP contribution < -0.4 is 15.5 Å². The summed E-state index contributed by atoms with van der Waals surface area (Å²) in [6.07, 6.45) is 2.70. The van der Waals surface area contributed by atoms with Gasteiger partial charge in [-0.15, -0.1) is 0 Å². The summed E-state index contributed by atoms with van der Waals surface area (Å²) >= 11 is 7.65. The first-order valence-corrected chi connectivity index (χ1v) is 12.5. The molecule has 4 saturated heterocycles. The number of anilines is 2. The maximum absolute atomic E-state index is 5.55. The van der Waals surface area contributed by atoms with E-state index in [2.05, 4.69) is 75.5 Å². The van der Waals surface area contributed by atoms with Gasteiger partial charge in [0.1, 0.15) is 0 Å². The second kappa shape index (κ2) is 9.86. The molecule has 1 aromatic rings. The summed E-state index contributed by atoms with van der Waals surface area (Å²) in [4.78, 5) is 7.52. The summed E-state index contributed by atoms with van der Waals surface area (Å²) in [7, 11) is 4.11. The van der Waals surface area contributed by atoms with Crippen molar-refractivity contribution in [1.82, 2.24) is 15.1 Å². The van der Waals surface area contributed by atoms with E-state index in [1.54, 1.807) is 0 Å². The second-order valence-electron chi connectivity index (χ2n) is 8.88. The van der Waals surface area contributed by atoms with E-state index in [1.165, 1.54) is 62.8 Å². The van der Waals surface area contributed by atoms with E-state index in [1.807, 2.05) is 0 Å². The quantitative estimate of drug-likeness (QED) is 0.668. The molecular weight excluding hydrogens is 398 g/mol. The second-order valence-corrected chi connectivity index (χ2v) is 10.5. The molecule has 4 heterocycles. The summed E-state index contributed by atoms with van der Waals surface area (Å²) in [5, 5.41) is 7.53. The zero-order valence-electron chi connectivity index (χ0n) is 17.8. The fraction of sp³-hybridized carbons (Fsp3) is 0.682. The van der Waals surface area contributed by atoms with Crippen LogP contribution in [0.25, 0.3) is 0 Å². The Kier molecular flexibility index (Phi) is 7.21. The van der Waals surface area contributed by atoms with Crippen LogP contribution in [-0.2, 0) is 0 Å². The standard InChI is InChI=1S/C22H35N5S2/c1-25(2)20-5-3-19(4-6-20)24-22(28)23-14-21-13-17-7-8-27(21)16-18(17)15-26-9-11-29-12-10-26/h3-6,17-18,21H,7-16H2,1-2H3,(H2,23,24,28)/t17-,18+,21+/m1/s1. The summed E-state index contributed by atoms with van der Waals surface area (Å²) in [5.41, 5.74) is 2.23. The van der Waals surface area contributed by atoms with Gasteiger partial charge < -0.3 is 20.4 Å². The minimum absolute atomic E-state index is 0.623. The monoisotopic (exact) mass is 433 g/mol. The van der Waals surface area contributed by atoms with E-state index in [-0.39, 0.29) is 0 Å². The van der Waals surface area contributed by atoms with E-state index in [9.17, 15) is 0 Å². The minimum Gasteiger partial charge on any atom is -0.378 e. The zero-order chi connectivity index (χ0) is 20.2. The van der Waals surface area contributed by atoms with Gasteiger partial charge in [0.2, 0.25) is 0 Å². The molecule has 0 aromatic heterocycles. The van der Waals surface area contributed by atoms with Crippen molar-refractivity contribution in [1.29, 1.82) is 0 Å². The Morgan fingerprint density at radius 2 is 1.93 bits per heavy atom. The molecule has 4 atom stereocenters. The Labute approximate surface area is 185 Å². The normalized spacial score (nSPS) is 29.4. The summed E-state index contributed by atoms with van der Waals surface area (Å²) < 4.78 is 0. The van der Waals surface area contributed by atoms with Crippen molar-refractivity contribution < 1.29 is 0 Å². The van der Waals surface area contributed by atoms with Crippen LogP contribution in [0, 0.1) is 11.8 Å². The van der Waals surface area contributed by atoms with Crippen LogP contribution >= 0.6 is 24.0 Å². The Morgan fingerprint density at radius 3 is 2.59 bits per heavy atom. The van der Waals surface area contributed by atoms with E-state index >= 15 is 0 Å². The highest BCUT2D eigenvalue weighted by Gasteiger charge is 2.40. The lowest BCUT2D eigenvalue weighted by molar-refractivity contribution is -0.00936. The number of nitrogens with one attached hydrogen (secondary N) is 2. The molecule has 0 radical (unpaired) electrons. The lowest BCUT2D eigenvalue weighted by Crippen LogP contribution is -2.59. The van der Waals surface area contributed by atoms with Gasteiger partial charge in [-0.3, -0.25) is 4.90 Å². The first-order chi connectivity index (χ1) is 14.1. The molecule has 0 aliphatic carbocycles. The summed E-state index contributed by atoms with van der Waals surface area (Å²) in [5.74, 6) is 4.39.